The zero-order valence-electron chi connectivity index (χ0n) is 12.2. The number of benzene rings is 2. The van der Waals surface area contributed by atoms with Gasteiger partial charge < -0.3 is 5.11 Å². The first kappa shape index (κ1) is 12.9. The van der Waals surface area contributed by atoms with Gasteiger partial charge in [0.05, 0.1) is 5.56 Å². The quantitative estimate of drug-likeness (QED) is 0.817. The number of allylic oxidation sites excluding steroid dienone is 2. The zero-order valence-corrected chi connectivity index (χ0v) is 12.2. The van der Waals surface area contributed by atoms with Gasteiger partial charge >= 0.3 is 5.97 Å². The number of carboxylic acid groups (broad SMARTS) is 1. The Balaban J connectivity index is 2.36. The molecule has 0 amide bonds. The van der Waals surface area contributed by atoms with Crippen molar-refractivity contribution in [2.24, 2.45) is 0 Å². The summed E-state index contributed by atoms with van der Waals surface area (Å²) in [7, 11) is 0. The Bertz CT molecular complexity index is 779. The van der Waals surface area contributed by atoms with Gasteiger partial charge in [-0.15, -0.1) is 0 Å². The second-order valence-electron chi connectivity index (χ2n) is 6.10. The smallest absolute Gasteiger partial charge is 0.335 e. The van der Waals surface area contributed by atoms with Gasteiger partial charge in [-0.1, -0.05) is 37.6 Å². The van der Waals surface area contributed by atoms with Crippen LogP contribution in [-0.2, 0) is 5.41 Å². The molecule has 0 bridgehead atoms. The molecule has 0 fully saturated rings. The van der Waals surface area contributed by atoms with Crippen LogP contribution >= 0.6 is 0 Å². The molecular weight excluding hydrogens is 248 g/mol. The number of carboxylic acids is 1. The molecule has 2 aromatic rings. The maximum atomic E-state index is 11.1. The van der Waals surface area contributed by atoms with E-state index < -0.39 is 5.97 Å². The minimum atomic E-state index is -0.878. The highest BCUT2D eigenvalue weighted by molar-refractivity contribution is 5.99. The summed E-state index contributed by atoms with van der Waals surface area (Å²) in [6.07, 6.45) is 0. The van der Waals surface area contributed by atoms with Crippen LogP contribution < -0.4 is 0 Å². The van der Waals surface area contributed by atoms with Gasteiger partial charge in [-0.2, -0.15) is 0 Å². The van der Waals surface area contributed by atoms with E-state index >= 15 is 0 Å². The predicted molar refractivity (Wildman–Crippen MR) is 82.2 cm³/mol. The van der Waals surface area contributed by atoms with E-state index in [4.69, 9.17) is 5.11 Å². The highest BCUT2D eigenvalue weighted by Gasteiger charge is 2.34. The second-order valence-corrected chi connectivity index (χ2v) is 6.10. The first-order chi connectivity index (χ1) is 9.34. The Morgan fingerprint density at radius 2 is 1.80 bits per heavy atom. The van der Waals surface area contributed by atoms with Crippen LogP contribution in [-0.4, -0.2) is 11.1 Å². The molecular formula is C18H18O2. The lowest BCUT2D eigenvalue weighted by atomic mass is 9.79. The lowest BCUT2D eigenvalue weighted by Crippen LogP contribution is -2.16. The average molecular weight is 266 g/mol. The Hall–Kier alpha value is -2.09. The van der Waals surface area contributed by atoms with Crippen molar-refractivity contribution >= 4 is 22.3 Å². The normalized spacial score (nSPS) is 16.6. The van der Waals surface area contributed by atoms with E-state index in [1.807, 2.05) is 12.1 Å². The van der Waals surface area contributed by atoms with Crippen LogP contribution in [0.5, 0.6) is 0 Å². The number of aromatic carboxylic acids is 1. The van der Waals surface area contributed by atoms with Crippen molar-refractivity contribution in [3.8, 4) is 0 Å². The molecule has 0 saturated heterocycles. The molecule has 0 radical (unpaired) electrons. The average Bonchev–Trinajstić information content (AvgIpc) is 2.59. The molecule has 3 rings (SSSR count). The van der Waals surface area contributed by atoms with Crippen molar-refractivity contribution in [2.45, 2.75) is 33.1 Å². The molecule has 0 saturated carbocycles. The van der Waals surface area contributed by atoms with Crippen molar-refractivity contribution in [1.29, 1.82) is 0 Å². The molecule has 0 unspecified atom stereocenters. The van der Waals surface area contributed by atoms with Crippen LogP contribution in [0.15, 0.2) is 35.9 Å². The fourth-order valence-electron chi connectivity index (χ4n) is 3.31. The summed E-state index contributed by atoms with van der Waals surface area (Å²) in [5, 5.41) is 11.3. The minimum Gasteiger partial charge on any atom is -0.478 e. The number of carbonyl (C=O) groups is 1. The molecule has 20 heavy (non-hydrogen) atoms. The Labute approximate surface area is 118 Å². The third-order valence-corrected chi connectivity index (χ3v) is 4.80. The van der Waals surface area contributed by atoms with Gasteiger partial charge in [0.15, 0.2) is 0 Å². The SMILES string of the molecule is CC1=C(C)C(C)(C)c2c1ccc1cc(C(=O)O)ccc21. The Morgan fingerprint density at radius 1 is 1.10 bits per heavy atom. The van der Waals surface area contributed by atoms with E-state index in [2.05, 4.69) is 33.8 Å². The fraction of sp³-hybridized carbons (Fsp3) is 0.278. The minimum absolute atomic E-state index is 0.00364. The largest absolute Gasteiger partial charge is 0.478 e. The highest BCUT2D eigenvalue weighted by Crippen LogP contribution is 2.48. The van der Waals surface area contributed by atoms with Crippen LogP contribution in [0.25, 0.3) is 16.3 Å². The van der Waals surface area contributed by atoms with Gasteiger partial charge in [0.1, 0.15) is 0 Å². The van der Waals surface area contributed by atoms with E-state index in [1.165, 1.54) is 22.3 Å². The molecule has 1 aliphatic rings. The zero-order chi connectivity index (χ0) is 14.7. The van der Waals surface area contributed by atoms with Gasteiger partial charge in [0, 0.05) is 5.41 Å². The maximum Gasteiger partial charge on any atom is 0.335 e. The summed E-state index contributed by atoms with van der Waals surface area (Å²) < 4.78 is 0. The maximum absolute atomic E-state index is 11.1. The van der Waals surface area contributed by atoms with Crippen LogP contribution in [0.1, 0.15) is 49.2 Å². The first-order valence-corrected chi connectivity index (χ1v) is 6.83. The third-order valence-electron chi connectivity index (χ3n) is 4.80. The number of rotatable bonds is 1. The standard InChI is InChI=1S/C18H18O2/c1-10-11(2)18(3,4)16-14(10)7-5-12-9-13(17(19)20)6-8-15(12)16/h5-9H,1-4H3,(H,19,20). The summed E-state index contributed by atoms with van der Waals surface area (Å²) in [6, 6.07) is 9.56. The monoisotopic (exact) mass is 266 g/mol. The molecule has 0 atom stereocenters. The van der Waals surface area contributed by atoms with Gasteiger partial charge in [0.2, 0.25) is 0 Å². The van der Waals surface area contributed by atoms with E-state index in [-0.39, 0.29) is 5.41 Å². The summed E-state index contributed by atoms with van der Waals surface area (Å²) >= 11 is 0. The molecule has 2 nitrogen and oxygen atoms in total. The highest BCUT2D eigenvalue weighted by atomic mass is 16.4. The molecule has 2 aromatic carbocycles. The Morgan fingerprint density at radius 3 is 2.45 bits per heavy atom. The molecule has 2 heteroatoms. The van der Waals surface area contributed by atoms with E-state index in [0.717, 1.165) is 10.8 Å². The summed E-state index contributed by atoms with van der Waals surface area (Å²) in [5.74, 6) is -0.878. The van der Waals surface area contributed by atoms with Gasteiger partial charge in [-0.05, 0) is 53.5 Å². The number of hydrogen-bond acceptors (Lipinski definition) is 1. The molecule has 1 aliphatic carbocycles. The molecule has 0 spiro atoms. The molecule has 102 valence electrons. The molecule has 0 aromatic heterocycles. The van der Waals surface area contributed by atoms with Crippen molar-refractivity contribution in [1.82, 2.24) is 0 Å². The predicted octanol–water partition coefficient (Wildman–Crippen LogP) is 4.62. The van der Waals surface area contributed by atoms with E-state index in [0.29, 0.717) is 5.56 Å². The molecule has 1 N–H and O–H groups in total. The topological polar surface area (TPSA) is 37.3 Å². The molecule has 0 heterocycles. The third kappa shape index (κ3) is 1.54. The van der Waals surface area contributed by atoms with Crippen molar-refractivity contribution in [3.63, 3.8) is 0 Å². The lowest BCUT2D eigenvalue weighted by molar-refractivity contribution is 0.0697. The van der Waals surface area contributed by atoms with Gasteiger partial charge in [-0.3, -0.25) is 0 Å². The van der Waals surface area contributed by atoms with Gasteiger partial charge in [0.25, 0.3) is 0 Å². The van der Waals surface area contributed by atoms with Crippen molar-refractivity contribution in [3.05, 3.63) is 52.6 Å². The fourth-order valence-corrected chi connectivity index (χ4v) is 3.31. The van der Waals surface area contributed by atoms with E-state index in [1.54, 1.807) is 12.1 Å². The first-order valence-electron chi connectivity index (χ1n) is 6.83. The molecule has 0 aliphatic heterocycles. The summed E-state index contributed by atoms with van der Waals surface area (Å²) in [6.45, 7) is 8.83. The van der Waals surface area contributed by atoms with Crippen LogP contribution in [0.3, 0.4) is 0 Å². The Kier molecular flexibility index (Phi) is 2.55. The number of hydrogen-bond donors (Lipinski definition) is 1. The van der Waals surface area contributed by atoms with Crippen molar-refractivity contribution < 1.29 is 9.90 Å². The van der Waals surface area contributed by atoms with E-state index in [9.17, 15) is 4.79 Å². The second kappa shape index (κ2) is 3.95. The van der Waals surface area contributed by atoms with Crippen LogP contribution in [0.2, 0.25) is 0 Å². The lowest BCUT2D eigenvalue weighted by Gasteiger charge is -2.24. The van der Waals surface area contributed by atoms with Gasteiger partial charge in [-0.25, -0.2) is 4.79 Å². The van der Waals surface area contributed by atoms with Crippen molar-refractivity contribution in [2.75, 3.05) is 0 Å². The summed E-state index contributed by atoms with van der Waals surface area (Å²) in [4.78, 5) is 11.1. The van der Waals surface area contributed by atoms with Crippen LogP contribution in [0.4, 0.5) is 0 Å². The summed E-state index contributed by atoms with van der Waals surface area (Å²) in [5.41, 5.74) is 5.69. The number of fused-ring (bicyclic) bond motifs is 3. The van der Waals surface area contributed by atoms with Crippen LogP contribution in [0, 0.1) is 0 Å².